The number of benzene rings is 2. The molecule has 1 amide bonds. The zero-order valence-corrected chi connectivity index (χ0v) is 19.5. The highest BCUT2D eigenvalue weighted by molar-refractivity contribution is 7.87. The van der Waals surface area contributed by atoms with Crippen LogP contribution in [0.5, 0.6) is 11.5 Å². The van der Waals surface area contributed by atoms with Gasteiger partial charge in [-0.3, -0.25) is 4.79 Å². The molecule has 2 aromatic rings. The van der Waals surface area contributed by atoms with E-state index in [9.17, 15) is 26.4 Å². The van der Waals surface area contributed by atoms with Crippen LogP contribution in [0.1, 0.15) is 31.4 Å². The van der Waals surface area contributed by atoms with Gasteiger partial charge in [0.25, 0.3) is 0 Å². The number of carbonyl (C=O) groups is 1. The van der Waals surface area contributed by atoms with Crippen molar-refractivity contribution >= 4 is 16.0 Å². The summed E-state index contributed by atoms with van der Waals surface area (Å²) in [6.07, 6.45) is -4.03. The molecule has 0 aromatic heterocycles. The van der Waals surface area contributed by atoms with Crippen molar-refractivity contribution in [3.63, 3.8) is 0 Å². The minimum atomic E-state index is -4.71. The fraction of sp³-hybridized carbons (Fsp3) is 0.409. The summed E-state index contributed by atoms with van der Waals surface area (Å²) in [5.41, 5.74) is -0.580. The topological polar surface area (TPSA) is 82.1 Å². The van der Waals surface area contributed by atoms with Crippen molar-refractivity contribution in [3.05, 3.63) is 53.6 Å². The average Bonchev–Trinajstić information content (AvgIpc) is 2.76. The predicted octanol–water partition coefficient (Wildman–Crippen LogP) is 4.26. The Hall–Kier alpha value is -2.79. The molecular weight excluding hydrogens is 463 g/mol. The summed E-state index contributed by atoms with van der Waals surface area (Å²) in [6.45, 7) is 3.81. The van der Waals surface area contributed by atoms with Crippen LogP contribution in [0, 0.1) is 0 Å². The van der Waals surface area contributed by atoms with E-state index in [1.165, 1.54) is 26.4 Å². The third-order valence-electron chi connectivity index (χ3n) is 4.94. The number of methoxy groups -OCH3 is 2. The van der Waals surface area contributed by atoms with Crippen LogP contribution in [0.4, 0.5) is 13.2 Å². The summed E-state index contributed by atoms with van der Waals surface area (Å²) in [4.78, 5) is 13.4. The summed E-state index contributed by atoms with van der Waals surface area (Å²) in [7, 11) is -1.90. The molecule has 0 saturated heterocycles. The van der Waals surface area contributed by atoms with E-state index in [-0.39, 0.29) is 36.6 Å². The van der Waals surface area contributed by atoms with E-state index >= 15 is 0 Å². The lowest BCUT2D eigenvalue weighted by Crippen LogP contribution is -2.39. The molecule has 0 bridgehead atoms. The standard InChI is InChI=1S/C22H26F3NO6S/c1-5-15(2)26(21(27)14-30-3)13-16-9-10-19(31-4)20(11-16)32-33(28,29)18-8-6-7-17(12-18)22(23,24)25/h6-12,15H,5,13-14H2,1-4H3/t15-/m1/s1. The first-order valence-electron chi connectivity index (χ1n) is 10.00. The number of ether oxygens (including phenoxy) is 2. The first-order chi connectivity index (χ1) is 15.4. The molecule has 0 N–H and O–H groups in total. The zero-order chi connectivity index (χ0) is 24.8. The lowest BCUT2D eigenvalue weighted by molar-refractivity contribution is -0.138. The predicted molar refractivity (Wildman–Crippen MR) is 114 cm³/mol. The molecule has 182 valence electrons. The minimum absolute atomic E-state index is 0.0626. The molecule has 0 spiro atoms. The third kappa shape index (κ3) is 6.84. The lowest BCUT2D eigenvalue weighted by Gasteiger charge is -2.28. The largest absolute Gasteiger partial charge is 0.493 e. The van der Waals surface area contributed by atoms with E-state index in [0.29, 0.717) is 18.1 Å². The van der Waals surface area contributed by atoms with E-state index in [1.54, 1.807) is 11.0 Å². The molecule has 2 rings (SSSR count). The summed E-state index contributed by atoms with van der Waals surface area (Å²) < 4.78 is 79.6. The molecule has 0 radical (unpaired) electrons. The Kier molecular flexibility index (Phi) is 8.73. The highest BCUT2D eigenvalue weighted by Crippen LogP contribution is 2.34. The van der Waals surface area contributed by atoms with Gasteiger partial charge in [-0.1, -0.05) is 19.1 Å². The Labute approximate surface area is 191 Å². The van der Waals surface area contributed by atoms with Gasteiger partial charge in [0, 0.05) is 19.7 Å². The summed E-state index contributed by atoms with van der Waals surface area (Å²) in [5, 5.41) is 0. The highest BCUT2D eigenvalue weighted by Gasteiger charge is 2.32. The molecule has 0 unspecified atom stereocenters. The first kappa shape index (κ1) is 26.5. The Bertz CT molecular complexity index is 1070. The molecule has 0 heterocycles. The van der Waals surface area contributed by atoms with Gasteiger partial charge in [-0.15, -0.1) is 0 Å². The van der Waals surface area contributed by atoms with Crippen LogP contribution in [0.3, 0.4) is 0 Å². The fourth-order valence-corrected chi connectivity index (χ4v) is 3.97. The van der Waals surface area contributed by atoms with Gasteiger partial charge in [0.05, 0.1) is 12.7 Å². The number of halogens is 3. The number of hydrogen-bond donors (Lipinski definition) is 0. The van der Waals surface area contributed by atoms with Crippen LogP contribution >= 0.6 is 0 Å². The number of amides is 1. The van der Waals surface area contributed by atoms with Crippen molar-refractivity contribution in [3.8, 4) is 11.5 Å². The number of carbonyl (C=O) groups excluding carboxylic acids is 1. The van der Waals surface area contributed by atoms with Crippen LogP contribution in [0.25, 0.3) is 0 Å². The highest BCUT2D eigenvalue weighted by atomic mass is 32.2. The molecule has 2 aromatic carbocycles. The molecule has 0 saturated carbocycles. The van der Waals surface area contributed by atoms with Gasteiger partial charge in [0.2, 0.25) is 5.91 Å². The number of alkyl halides is 3. The summed E-state index contributed by atoms with van der Waals surface area (Å²) in [5.74, 6) is -0.398. The van der Waals surface area contributed by atoms with Crippen LogP contribution in [-0.4, -0.2) is 46.1 Å². The molecule has 33 heavy (non-hydrogen) atoms. The third-order valence-corrected chi connectivity index (χ3v) is 6.17. The molecular formula is C22H26F3NO6S. The number of nitrogens with zero attached hydrogens (tertiary/aromatic N) is 1. The molecule has 0 aliphatic heterocycles. The normalized spacial score (nSPS) is 12.8. The van der Waals surface area contributed by atoms with Gasteiger partial charge in [-0.25, -0.2) is 0 Å². The van der Waals surface area contributed by atoms with Gasteiger partial charge < -0.3 is 18.6 Å². The van der Waals surface area contributed by atoms with Crippen molar-refractivity contribution in [1.29, 1.82) is 0 Å². The van der Waals surface area contributed by atoms with Crippen molar-refractivity contribution in [2.75, 3.05) is 20.8 Å². The van der Waals surface area contributed by atoms with E-state index in [2.05, 4.69) is 0 Å². The molecule has 1 atom stereocenters. The van der Waals surface area contributed by atoms with E-state index in [1.807, 2.05) is 13.8 Å². The smallest absolute Gasteiger partial charge is 0.416 e. The Morgan fingerprint density at radius 1 is 1.09 bits per heavy atom. The maximum absolute atomic E-state index is 13.0. The van der Waals surface area contributed by atoms with E-state index in [4.69, 9.17) is 13.7 Å². The SMILES string of the molecule is CC[C@@H](C)N(Cc1ccc(OC)c(OS(=O)(=O)c2cccc(C(F)(F)F)c2)c1)C(=O)COC. The molecule has 0 aliphatic carbocycles. The monoisotopic (exact) mass is 489 g/mol. The van der Waals surface area contributed by atoms with Crippen molar-refractivity contribution in [2.45, 2.75) is 43.9 Å². The van der Waals surface area contributed by atoms with Gasteiger partial charge >= 0.3 is 16.3 Å². The second kappa shape index (κ2) is 10.9. The molecule has 11 heteroatoms. The Morgan fingerprint density at radius 2 is 1.79 bits per heavy atom. The second-order valence-corrected chi connectivity index (χ2v) is 8.81. The number of hydrogen-bond acceptors (Lipinski definition) is 6. The van der Waals surface area contributed by atoms with Crippen LogP contribution in [0.15, 0.2) is 47.4 Å². The maximum atomic E-state index is 13.0. The fourth-order valence-electron chi connectivity index (χ4n) is 2.99. The first-order valence-corrected chi connectivity index (χ1v) is 11.4. The summed E-state index contributed by atoms with van der Waals surface area (Å²) >= 11 is 0. The second-order valence-electron chi connectivity index (χ2n) is 7.26. The van der Waals surface area contributed by atoms with Gasteiger partial charge in [-0.2, -0.15) is 21.6 Å². The lowest BCUT2D eigenvalue weighted by atomic mass is 10.1. The minimum Gasteiger partial charge on any atom is -0.493 e. The number of rotatable bonds is 10. The Morgan fingerprint density at radius 3 is 2.36 bits per heavy atom. The molecule has 0 aliphatic rings. The zero-order valence-electron chi connectivity index (χ0n) is 18.7. The van der Waals surface area contributed by atoms with Gasteiger partial charge in [-0.05, 0) is 49.2 Å². The quantitative estimate of drug-likeness (QED) is 0.464. The van der Waals surface area contributed by atoms with Crippen molar-refractivity contribution < 1.29 is 40.0 Å². The van der Waals surface area contributed by atoms with Crippen molar-refractivity contribution in [1.82, 2.24) is 4.90 Å². The van der Waals surface area contributed by atoms with Crippen LogP contribution in [0.2, 0.25) is 0 Å². The van der Waals surface area contributed by atoms with Gasteiger partial charge in [0.15, 0.2) is 11.5 Å². The van der Waals surface area contributed by atoms with Crippen LogP contribution < -0.4 is 8.92 Å². The van der Waals surface area contributed by atoms with E-state index in [0.717, 1.165) is 18.2 Å². The van der Waals surface area contributed by atoms with Gasteiger partial charge in [0.1, 0.15) is 11.5 Å². The van der Waals surface area contributed by atoms with Crippen molar-refractivity contribution in [2.24, 2.45) is 0 Å². The Balaban J connectivity index is 2.39. The van der Waals surface area contributed by atoms with Crippen LogP contribution in [-0.2, 0) is 32.4 Å². The summed E-state index contributed by atoms with van der Waals surface area (Å²) in [6, 6.07) is 7.61. The molecule has 7 nitrogen and oxygen atoms in total. The van der Waals surface area contributed by atoms with E-state index < -0.39 is 26.8 Å². The average molecular weight is 490 g/mol. The maximum Gasteiger partial charge on any atom is 0.416 e. The molecule has 0 fully saturated rings.